The monoisotopic (exact) mass is 371 g/mol. The Balaban J connectivity index is 1.57. The molecular weight excluding hydrogens is 338 g/mol. The zero-order valence-corrected chi connectivity index (χ0v) is 16.9. The van der Waals surface area contributed by atoms with Gasteiger partial charge in [0.05, 0.1) is 6.54 Å². The highest BCUT2D eigenvalue weighted by Gasteiger charge is 2.28. The van der Waals surface area contributed by atoms with E-state index < -0.39 is 0 Å². The molecule has 1 aromatic rings. The minimum absolute atomic E-state index is 0.00333. The van der Waals surface area contributed by atoms with Gasteiger partial charge in [-0.05, 0) is 76.6 Å². The molecule has 1 aromatic carbocycles. The highest BCUT2D eigenvalue weighted by Crippen LogP contribution is 2.23. The first-order valence-electron chi connectivity index (χ1n) is 10.4. The Kier molecular flexibility index (Phi) is 6.40. The van der Waals surface area contributed by atoms with E-state index in [4.69, 9.17) is 0 Å². The summed E-state index contributed by atoms with van der Waals surface area (Å²) in [6, 6.07) is 6.60. The highest BCUT2D eigenvalue weighted by atomic mass is 16.2. The van der Waals surface area contributed by atoms with E-state index in [1.807, 2.05) is 30.0 Å². The molecule has 1 heterocycles. The van der Waals surface area contributed by atoms with Crippen molar-refractivity contribution >= 4 is 17.5 Å². The highest BCUT2D eigenvalue weighted by molar-refractivity contribution is 5.95. The number of hydrogen-bond donors (Lipinski definition) is 2. The maximum atomic E-state index is 12.7. The minimum atomic E-state index is 0.00333. The molecule has 1 aliphatic carbocycles. The van der Waals surface area contributed by atoms with Crippen molar-refractivity contribution in [2.75, 3.05) is 11.9 Å². The largest absolute Gasteiger partial charge is 0.376 e. The Morgan fingerprint density at radius 3 is 2.33 bits per heavy atom. The lowest BCUT2D eigenvalue weighted by molar-refractivity contribution is -0.135. The van der Waals surface area contributed by atoms with E-state index in [2.05, 4.69) is 24.5 Å². The van der Waals surface area contributed by atoms with Gasteiger partial charge in [-0.15, -0.1) is 0 Å². The molecule has 2 N–H and O–H groups in total. The fourth-order valence-corrected chi connectivity index (χ4v) is 4.52. The van der Waals surface area contributed by atoms with Gasteiger partial charge in [0.15, 0.2) is 0 Å². The third-order valence-electron chi connectivity index (χ3n) is 6.09. The van der Waals surface area contributed by atoms with E-state index in [9.17, 15) is 9.59 Å². The molecular formula is C22H33N3O2. The first-order chi connectivity index (χ1) is 13.0. The van der Waals surface area contributed by atoms with Crippen LogP contribution in [-0.2, 0) is 4.79 Å². The molecule has 2 fully saturated rings. The SMILES string of the molecule is Cc1cc(C(=O)NC2CCCC2)ccc1NCC(=O)N1[C@H](C)CCC[C@H]1C. The van der Waals surface area contributed by atoms with Crippen LogP contribution in [0.2, 0.25) is 0 Å². The van der Waals surface area contributed by atoms with E-state index >= 15 is 0 Å². The second-order valence-electron chi connectivity index (χ2n) is 8.27. The van der Waals surface area contributed by atoms with Crippen molar-refractivity contribution in [3.8, 4) is 0 Å². The number of hydrogen-bond acceptors (Lipinski definition) is 3. The standard InChI is InChI=1S/C22H33N3O2/c1-15-13-18(22(27)24-19-9-4-5-10-19)11-12-20(15)23-14-21(26)25-16(2)7-6-8-17(25)3/h11-13,16-17,19,23H,4-10,14H2,1-3H3,(H,24,27)/t16-,17-/m1/s1. The number of amides is 2. The third-order valence-corrected chi connectivity index (χ3v) is 6.09. The molecule has 2 aliphatic rings. The van der Waals surface area contributed by atoms with E-state index in [1.54, 1.807) is 0 Å². The van der Waals surface area contributed by atoms with Gasteiger partial charge >= 0.3 is 0 Å². The topological polar surface area (TPSA) is 61.4 Å². The van der Waals surface area contributed by atoms with Gasteiger partial charge in [0.2, 0.25) is 5.91 Å². The van der Waals surface area contributed by atoms with Crippen molar-refractivity contribution < 1.29 is 9.59 Å². The van der Waals surface area contributed by atoms with Crippen molar-refractivity contribution in [3.63, 3.8) is 0 Å². The summed E-state index contributed by atoms with van der Waals surface area (Å²) in [5.74, 6) is 0.153. The van der Waals surface area contributed by atoms with Crippen LogP contribution in [0.1, 0.15) is 74.7 Å². The predicted molar refractivity (Wildman–Crippen MR) is 109 cm³/mol. The Labute approximate surface area is 162 Å². The van der Waals surface area contributed by atoms with Gasteiger partial charge < -0.3 is 15.5 Å². The molecule has 0 aromatic heterocycles. The van der Waals surface area contributed by atoms with Crippen LogP contribution in [0.25, 0.3) is 0 Å². The zero-order valence-electron chi connectivity index (χ0n) is 16.9. The fraction of sp³-hybridized carbons (Fsp3) is 0.636. The molecule has 5 heteroatoms. The van der Waals surface area contributed by atoms with Crippen molar-refractivity contribution in [1.82, 2.24) is 10.2 Å². The molecule has 0 spiro atoms. The molecule has 27 heavy (non-hydrogen) atoms. The summed E-state index contributed by atoms with van der Waals surface area (Å²) in [6.45, 7) is 6.54. The van der Waals surface area contributed by atoms with Gasteiger partial charge in [0.25, 0.3) is 5.91 Å². The summed E-state index contributed by atoms with van der Waals surface area (Å²) in [5, 5.41) is 6.39. The number of piperidine rings is 1. The number of rotatable bonds is 5. The number of nitrogens with zero attached hydrogens (tertiary/aromatic N) is 1. The molecule has 0 radical (unpaired) electrons. The van der Waals surface area contributed by atoms with Crippen LogP contribution in [0.15, 0.2) is 18.2 Å². The summed E-state index contributed by atoms with van der Waals surface area (Å²) in [4.78, 5) is 27.1. The zero-order chi connectivity index (χ0) is 19.4. The van der Waals surface area contributed by atoms with Gasteiger partial charge in [-0.3, -0.25) is 9.59 Å². The van der Waals surface area contributed by atoms with Gasteiger partial charge in [0, 0.05) is 29.4 Å². The van der Waals surface area contributed by atoms with E-state index in [-0.39, 0.29) is 11.8 Å². The number of benzene rings is 1. The van der Waals surface area contributed by atoms with E-state index in [1.165, 1.54) is 19.3 Å². The number of carbonyl (C=O) groups excluding carboxylic acids is 2. The van der Waals surface area contributed by atoms with Gasteiger partial charge in [0.1, 0.15) is 0 Å². The third kappa shape index (κ3) is 4.82. The average Bonchev–Trinajstić information content (AvgIpc) is 3.13. The normalized spacial score (nSPS) is 23.3. The predicted octanol–water partition coefficient (Wildman–Crippen LogP) is 3.87. The molecule has 2 atom stereocenters. The van der Waals surface area contributed by atoms with Crippen LogP contribution in [0.4, 0.5) is 5.69 Å². The Hall–Kier alpha value is -2.04. The van der Waals surface area contributed by atoms with Crippen molar-refractivity contribution in [1.29, 1.82) is 0 Å². The van der Waals surface area contributed by atoms with E-state index in [0.29, 0.717) is 30.2 Å². The summed E-state index contributed by atoms with van der Waals surface area (Å²) >= 11 is 0. The molecule has 0 unspecified atom stereocenters. The maximum absolute atomic E-state index is 12.7. The second-order valence-corrected chi connectivity index (χ2v) is 8.27. The van der Waals surface area contributed by atoms with Crippen LogP contribution in [0, 0.1) is 6.92 Å². The van der Waals surface area contributed by atoms with E-state index in [0.717, 1.165) is 36.9 Å². The molecule has 5 nitrogen and oxygen atoms in total. The number of likely N-dealkylation sites (tertiary alicyclic amines) is 1. The van der Waals surface area contributed by atoms with Crippen LogP contribution in [-0.4, -0.2) is 41.4 Å². The maximum Gasteiger partial charge on any atom is 0.251 e. The number of anilines is 1. The van der Waals surface area contributed by atoms with Crippen LogP contribution < -0.4 is 10.6 Å². The minimum Gasteiger partial charge on any atom is -0.376 e. The van der Waals surface area contributed by atoms with Gasteiger partial charge in [-0.1, -0.05) is 12.8 Å². The lowest BCUT2D eigenvalue weighted by Gasteiger charge is -2.39. The first-order valence-corrected chi connectivity index (χ1v) is 10.4. The summed E-state index contributed by atoms with van der Waals surface area (Å²) in [5.41, 5.74) is 2.59. The molecule has 1 aliphatic heterocycles. The van der Waals surface area contributed by atoms with Crippen molar-refractivity contribution in [2.45, 2.75) is 83.8 Å². The van der Waals surface area contributed by atoms with Crippen molar-refractivity contribution in [3.05, 3.63) is 29.3 Å². The molecule has 1 saturated carbocycles. The molecule has 1 saturated heterocycles. The Morgan fingerprint density at radius 2 is 1.70 bits per heavy atom. The summed E-state index contributed by atoms with van der Waals surface area (Å²) in [6.07, 6.45) is 7.94. The lowest BCUT2D eigenvalue weighted by Crippen LogP contribution is -2.49. The fourth-order valence-electron chi connectivity index (χ4n) is 4.52. The van der Waals surface area contributed by atoms with Crippen molar-refractivity contribution in [2.24, 2.45) is 0 Å². The second kappa shape index (κ2) is 8.77. The number of carbonyl (C=O) groups is 2. The molecule has 2 amide bonds. The average molecular weight is 372 g/mol. The van der Waals surface area contributed by atoms with Crippen LogP contribution in [0.5, 0.6) is 0 Å². The Morgan fingerprint density at radius 1 is 1.04 bits per heavy atom. The molecule has 3 rings (SSSR count). The number of aryl methyl sites for hydroxylation is 1. The molecule has 0 bridgehead atoms. The summed E-state index contributed by atoms with van der Waals surface area (Å²) in [7, 11) is 0. The van der Waals surface area contributed by atoms with Gasteiger partial charge in [-0.25, -0.2) is 0 Å². The Bertz CT molecular complexity index is 672. The van der Waals surface area contributed by atoms with Crippen LogP contribution in [0.3, 0.4) is 0 Å². The number of nitrogens with one attached hydrogen (secondary N) is 2. The lowest BCUT2D eigenvalue weighted by atomic mass is 9.97. The quantitative estimate of drug-likeness (QED) is 0.826. The summed E-state index contributed by atoms with van der Waals surface area (Å²) < 4.78 is 0. The first kappa shape index (κ1) is 19.7. The smallest absolute Gasteiger partial charge is 0.251 e. The van der Waals surface area contributed by atoms with Gasteiger partial charge in [-0.2, -0.15) is 0 Å². The molecule has 148 valence electrons. The van der Waals surface area contributed by atoms with Crippen LogP contribution >= 0.6 is 0 Å².